The number of likely N-dealkylation sites (tertiary alicyclic amines) is 1. The number of fused-ring (bicyclic) bond motifs is 1. The highest BCUT2D eigenvalue weighted by molar-refractivity contribution is 5.95. The first-order valence-corrected chi connectivity index (χ1v) is 11.0. The summed E-state index contributed by atoms with van der Waals surface area (Å²) in [6, 6.07) is 14.2. The molecule has 6 heteroatoms. The lowest BCUT2D eigenvalue weighted by atomic mass is 9.84. The summed E-state index contributed by atoms with van der Waals surface area (Å²) in [6.07, 6.45) is 1.84. The lowest BCUT2D eigenvalue weighted by Gasteiger charge is -2.45. The number of allylic oxidation sites excluding steroid dienone is 1. The maximum absolute atomic E-state index is 12.7. The quantitative estimate of drug-likeness (QED) is 0.555. The highest BCUT2D eigenvalue weighted by atomic mass is 16.3. The number of nitrogens with zero attached hydrogens (tertiary/aromatic N) is 2. The van der Waals surface area contributed by atoms with E-state index < -0.39 is 0 Å². The maximum atomic E-state index is 12.7. The number of benzene rings is 2. The van der Waals surface area contributed by atoms with Gasteiger partial charge in [-0.15, -0.1) is 0 Å². The molecule has 1 saturated heterocycles. The van der Waals surface area contributed by atoms with Crippen molar-refractivity contribution >= 4 is 16.9 Å². The van der Waals surface area contributed by atoms with E-state index in [0.29, 0.717) is 12.4 Å². The number of hydrogen-bond acceptors (Lipinski definition) is 5. The summed E-state index contributed by atoms with van der Waals surface area (Å²) in [6.45, 7) is 10.5. The Morgan fingerprint density at radius 1 is 1.19 bits per heavy atom. The Kier molecular flexibility index (Phi) is 5.73. The Bertz CT molecular complexity index is 1170. The van der Waals surface area contributed by atoms with Crippen LogP contribution in [0.5, 0.6) is 0 Å². The molecule has 3 aromatic rings. The molecule has 1 fully saturated rings. The molecule has 1 aromatic heterocycles. The highest BCUT2D eigenvalue weighted by Crippen LogP contribution is 2.32. The van der Waals surface area contributed by atoms with Gasteiger partial charge in [-0.1, -0.05) is 26.0 Å². The summed E-state index contributed by atoms with van der Waals surface area (Å²) < 4.78 is 6.07. The van der Waals surface area contributed by atoms with Crippen LogP contribution in [0.15, 0.2) is 58.8 Å². The Morgan fingerprint density at radius 3 is 2.50 bits per heavy atom. The Labute approximate surface area is 189 Å². The largest absolute Gasteiger partial charge is 0.459 e. The molecule has 6 nitrogen and oxygen atoms in total. The SMILES string of the molecule is CC=C(N)N(C)NCc1cc2cc(-c3ccc(C(=O)N4CC(C)(C)C4)cc3)cc(C)c2o1. The van der Waals surface area contributed by atoms with Crippen LogP contribution in [0.4, 0.5) is 0 Å². The van der Waals surface area contributed by atoms with Gasteiger partial charge in [-0.3, -0.25) is 9.80 Å². The molecule has 0 bridgehead atoms. The molecule has 0 aliphatic carbocycles. The molecule has 32 heavy (non-hydrogen) atoms. The number of hydrogen-bond donors (Lipinski definition) is 2. The van der Waals surface area contributed by atoms with Crippen molar-refractivity contribution in [2.45, 2.75) is 34.2 Å². The molecular formula is C26H32N4O2. The van der Waals surface area contributed by atoms with E-state index in [1.165, 1.54) is 0 Å². The molecule has 0 unspecified atom stereocenters. The van der Waals surface area contributed by atoms with Crippen LogP contribution in [0.2, 0.25) is 0 Å². The third-order valence-electron chi connectivity index (χ3n) is 6.02. The zero-order valence-corrected chi connectivity index (χ0v) is 19.5. The number of nitrogens with two attached hydrogens (primary N) is 1. The number of carbonyl (C=O) groups excluding carboxylic acids is 1. The van der Waals surface area contributed by atoms with Crippen molar-refractivity contribution in [3.8, 4) is 11.1 Å². The van der Waals surface area contributed by atoms with Gasteiger partial charge < -0.3 is 15.1 Å². The molecule has 168 valence electrons. The summed E-state index contributed by atoms with van der Waals surface area (Å²) >= 11 is 0. The normalized spacial score (nSPS) is 15.7. The molecule has 0 radical (unpaired) electrons. The van der Waals surface area contributed by atoms with Crippen LogP contribution in [0.25, 0.3) is 22.1 Å². The van der Waals surface area contributed by atoms with Gasteiger partial charge in [0.2, 0.25) is 0 Å². The van der Waals surface area contributed by atoms with Gasteiger partial charge in [0.05, 0.1) is 6.54 Å². The van der Waals surface area contributed by atoms with Crippen molar-refractivity contribution in [2.24, 2.45) is 11.1 Å². The number of aryl methyl sites for hydroxylation is 1. The minimum Gasteiger partial charge on any atom is -0.459 e. The zero-order valence-electron chi connectivity index (χ0n) is 19.5. The number of hydrazine groups is 1. The van der Waals surface area contributed by atoms with Crippen molar-refractivity contribution in [1.29, 1.82) is 0 Å². The lowest BCUT2D eigenvalue weighted by molar-refractivity contribution is 0.0236. The van der Waals surface area contributed by atoms with Crippen LogP contribution in [-0.2, 0) is 6.54 Å². The summed E-state index contributed by atoms with van der Waals surface area (Å²) in [7, 11) is 1.87. The van der Waals surface area contributed by atoms with E-state index >= 15 is 0 Å². The topological polar surface area (TPSA) is 74.7 Å². The molecule has 0 spiro atoms. The first-order chi connectivity index (χ1) is 15.2. The van der Waals surface area contributed by atoms with E-state index in [2.05, 4.69) is 44.4 Å². The second-order valence-electron chi connectivity index (χ2n) is 9.43. The number of rotatable bonds is 6. The van der Waals surface area contributed by atoms with Crippen molar-refractivity contribution in [1.82, 2.24) is 15.3 Å². The standard InChI is InChI=1S/C26H32N4O2/c1-6-23(27)29(5)28-14-22-13-21-12-20(11-17(2)24(21)32-22)18-7-9-19(10-8-18)25(31)30-15-26(3,4)16-30/h6-13,28H,14-16,27H2,1-5H3. The minimum atomic E-state index is 0.109. The van der Waals surface area contributed by atoms with Crippen molar-refractivity contribution in [3.05, 3.63) is 71.2 Å². The summed E-state index contributed by atoms with van der Waals surface area (Å²) in [4.78, 5) is 14.6. The third-order valence-corrected chi connectivity index (χ3v) is 6.02. The molecule has 0 atom stereocenters. The van der Waals surface area contributed by atoms with Crippen LogP contribution in [0.1, 0.15) is 42.5 Å². The van der Waals surface area contributed by atoms with Gasteiger partial charge in [-0.2, -0.15) is 0 Å². The second kappa shape index (κ2) is 8.36. The van der Waals surface area contributed by atoms with Gasteiger partial charge in [-0.25, -0.2) is 5.43 Å². The first-order valence-electron chi connectivity index (χ1n) is 11.0. The maximum Gasteiger partial charge on any atom is 0.253 e. The van der Waals surface area contributed by atoms with Crippen LogP contribution in [-0.4, -0.2) is 36.0 Å². The third kappa shape index (κ3) is 4.36. The zero-order chi connectivity index (χ0) is 23.0. The molecule has 1 aliphatic heterocycles. The summed E-state index contributed by atoms with van der Waals surface area (Å²) in [5.41, 5.74) is 14.3. The van der Waals surface area contributed by atoms with Crippen LogP contribution < -0.4 is 11.2 Å². The highest BCUT2D eigenvalue weighted by Gasteiger charge is 2.37. The van der Waals surface area contributed by atoms with E-state index in [4.69, 9.17) is 10.2 Å². The Hall–Kier alpha value is -3.25. The fourth-order valence-corrected chi connectivity index (χ4v) is 4.24. The van der Waals surface area contributed by atoms with Crippen molar-refractivity contribution in [3.63, 3.8) is 0 Å². The van der Waals surface area contributed by atoms with E-state index in [1.807, 2.05) is 49.2 Å². The van der Waals surface area contributed by atoms with Crippen LogP contribution in [0, 0.1) is 12.3 Å². The number of furan rings is 1. The van der Waals surface area contributed by atoms with Gasteiger partial charge in [0, 0.05) is 31.1 Å². The average molecular weight is 433 g/mol. The second-order valence-corrected chi connectivity index (χ2v) is 9.43. The van der Waals surface area contributed by atoms with Crippen LogP contribution in [0.3, 0.4) is 0 Å². The van der Waals surface area contributed by atoms with Gasteiger partial charge in [0.25, 0.3) is 5.91 Å². The fraction of sp³-hybridized carbons (Fsp3) is 0.346. The van der Waals surface area contributed by atoms with E-state index in [-0.39, 0.29) is 11.3 Å². The lowest BCUT2D eigenvalue weighted by Crippen LogP contribution is -2.55. The monoisotopic (exact) mass is 432 g/mol. The van der Waals surface area contributed by atoms with E-state index in [0.717, 1.165) is 52.1 Å². The molecular weight excluding hydrogens is 400 g/mol. The molecule has 2 heterocycles. The first kappa shape index (κ1) is 22.0. The molecule has 1 amide bonds. The van der Waals surface area contributed by atoms with Gasteiger partial charge in [0.1, 0.15) is 17.2 Å². The van der Waals surface area contributed by atoms with Gasteiger partial charge >= 0.3 is 0 Å². The predicted molar refractivity (Wildman–Crippen MR) is 129 cm³/mol. The van der Waals surface area contributed by atoms with Crippen LogP contribution >= 0.6 is 0 Å². The van der Waals surface area contributed by atoms with E-state index in [1.54, 1.807) is 5.01 Å². The average Bonchev–Trinajstić information content (AvgIpc) is 3.18. The number of nitrogens with one attached hydrogen (secondary N) is 1. The summed E-state index contributed by atoms with van der Waals surface area (Å²) in [5.74, 6) is 1.60. The Balaban J connectivity index is 1.51. The van der Waals surface area contributed by atoms with Gasteiger partial charge in [0.15, 0.2) is 0 Å². The fourth-order valence-electron chi connectivity index (χ4n) is 4.24. The van der Waals surface area contributed by atoms with Crippen molar-refractivity contribution < 1.29 is 9.21 Å². The molecule has 1 aliphatic rings. The smallest absolute Gasteiger partial charge is 0.253 e. The molecule has 0 saturated carbocycles. The molecule has 3 N–H and O–H groups in total. The van der Waals surface area contributed by atoms with Crippen molar-refractivity contribution in [2.75, 3.05) is 20.1 Å². The molecule has 4 rings (SSSR count). The number of amides is 1. The van der Waals surface area contributed by atoms with Gasteiger partial charge in [-0.05, 0) is 72.4 Å². The summed E-state index contributed by atoms with van der Waals surface area (Å²) in [5, 5.41) is 2.83. The molecule has 2 aromatic carbocycles. The van der Waals surface area contributed by atoms with E-state index in [9.17, 15) is 4.79 Å². The predicted octanol–water partition coefficient (Wildman–Crippen LogP) is 4.65. The minimum absolute atomic E-state index is 0.109. The number of carbonyl (C=O) groups is 1. The Morgan fingerprint density at radius 2 is 1.88 bits per heavy atom.